The molecule has 2 N–H and O–H groups in total. The predicted molar refractivity (Wildman–Crippen MR) is 83.1 cm³/mol. The minimum atomic E-state index is -0.288. The van der Waals surface area contributed by atoms with Gasteiger partial charge in [-0.05, 0) is 49.4 Å². The number of fused-ring (bicyclic) bond motifs is 1. The molecule has 5 heteroatoms. The van der Waals surface area contributed by atoms with Gasteiger partial charge in [0.2, 0.25) is 5.91 Å². The molecule has 1 aliphatic rings. The predicted octanol–water partition coefficient (Wildman–Crippen LogP) is 2.39. The first-order valence-electron chi connectivity index (χ1n) is 7.74. The Morgan fingerprint density at radius 2 is 2.14 bits per heavy atom. The maximum atomic E-state index is 13.5. The number of rotatable bonds is 3. The molecule has 1 aromatic heterocycles. The fourth-order valence-electron chi connectivity index (χ4n) is 3.21. The highest BCUT2D eigenvalue weighted by Crippen LogP contribution is 2.25. The van der Waals surface area contributed by atoms with E-state index in [1.54, 1.807) is 6.07 Å². The Labute approximate surface area is 128 Å². The van der Waals surface area contributed by atoms with Gasteiger partial charge in [-0.15, -0.1) is 0 Å². The number of aromatic amines is 1. The summed E-state index contributed by atoms with van der Waals surface area (Å²) in [5.41, 5.74) is 2.66. The number of carbonyl (C=O) groups is 1. The van der Waals surface area contributed by atoms with Crippen LogP contribution in [0.5, 0.6) is 0 Å². The highest BCUT2D eigenvalue weighted by atomic mass is 19.1. The normalized spacial score (nSPS) is 16.4. The minimum Gasteiger partial charge on any atom is -0.396 e. The van der Waals surface area contributed by atoms with Crippen LogP contribution in [0.2, 0.25) is 0 Å². The number of aliphatic hydroxyl groups is 1. The molecule has 1 aliphatic heterocycles. The number of hydrogen-bond acceptors (Lipinski definition) is 2. The van der Waals surface area contributed by atoms with Crippen LogP contribution in [0.3, 0.4) is 0 Å². The van der Waals surface area contributed by atoms with Gasteiger partial charge in [0.25, 0.3) is 0 Å². The van der Waals surface area contributed by atoms with E-state index in [9.17, 15) is 9.18 Å². The summed E-state index contributed by atoms with van der Waals surface area (Å²) in [5.74, 6) is 0.0987. The lowest BCUT2D eigenvalue weighted by Crippen LogP contribution is -2.40. The van der Waals surface area contributed by atoms with Crippen molar-refractivity contribution in [1.82, 2.24) is 9.88 Å². The lowest BCUT2D eigenvalue weighted by Gasteiger charge is -2.31. The van der Waals surface area contributed by atoms with Crippen molar-refractivity contribution in [2.24, 2.45) is 5.92 Å². The summed E-state index contributed by atoms with van der Waals surface area (Å²) in [4.78, 5) is 17.6. The highest BCUT2D eigenvalue weighted by Gasteiger charge is 2.23. The van der Waals surface area contributed by atoms with Crippen molar-refractivity contribution in [3.63, 3.8) is 0 Å². The van der Waals surface area contributed by atoms with Crippen LogP contribution in [0.15, 0.2) is 18.2 Å². The van der Waals surface area contributed by atoms with Crippen LogP contribution < -0.4 is 0 Å². The number of halogens is 1. The number of benzene rings is 1. The summed E-state index contributed by atoms with van der Waals surface area (Å²) < 4.78 is 13.5. The average molecular weight is 304 g/mol. The summed E-state index contributed by atoms with van der Waals surface area (Å²) in [6.07, 6.45) is 1.99. The Kier molecular flexibility index (Phi) is 4.16. The fourth-order valence-corrected chi connectivity index (χ4v) is 3.21. The van der Waals surface area contributed by atoms with Crippen molar-refractivity contribution in [3.8, 4) is 0 Å². The molecule has 1 saturated heterocycles. The lowest BCUT2D eigenvalue weighted by molar-refractivity contribution is -0.132. The van der Waals surface area contributed by atoms with Gasteiger partial charge in [0, 0.05) is 36.3 Å². The van der Waals surface area contributed by atoms with Gasteiger partial charge in [-0.3, -0.25) is 4.79 Å². The first-order chi connectivity index (χ1) is 10.6. The van der Waals surface area contributed by atoms with E-state index in [-0.39, 0.29) is 18.3 Å². The number of aryl methyl sites for hydroxylation is 1. The number of H-pyrrole nitrogens is 1. The van der Waals surface area contributed by atoms with Gasteiger partial charge in [-0.1, -0.05) is 0 Å². The van der Waals surface area contributed by atoms with Crippen molar-refractivity contribution < 1.29 is 14.3 Å². The van der Waals surface area contributed by atoms with Crippen molar-refractivity contribution in [2.45, 2.75) is 26.2 Å². The molecule has 2 aromatic rings. The maximum Gasteiger partial charge on any atom is 0.227 e. The molecular weight excluding hydrogens is 283 g/mol. The molecular formula is C17H21FN2O2. The Morgan fingerprint density at radius 1 is 1.41 bits per heavy atom. The number of carbonyl (C=O) groups excluding carboxylic acids is 1. The van der Waals surface area contributed by atoms with Gasteiger partial charge < -0.3 is 15.0 Å². The molecule has 0 unspecified atom stereocenters. The lowest BCUT2D eigenvalue weighted by atomic mass is 9.97. The standard InChI is InChI=1S/C17H21FN2O2/c1-11-14(15-8-13(18)2-3-16(15)19-11)9-17(22)20-6-4-12(10-21)5-7-20/h2-3,8,12,19,21H,4-7,9-10H2,1H3. The first-order valence-corrected chi connectivity index (χ1v) is 7.74. The topological polar surface area (TPSA) is 56.3 Å². The third-order valence-corrected chi connectivity index (χ3v) is 4.64. The van der Waals surface area contributed by atoms with Crippen LogP contribution in [0.25, 0.3) is 10.9 Å². The molecule has 1 amide bonds. The molecule has 3 rings (SSSR count). The molecule has 0 atom stereocenters. The first kappa shape index (κ1) is 15.0. The molecule has 0 bridgehead atoms. The maximum absolute atomic E-state index is 13.5. The SMILES string of the molecule is Cc1[nH]c2ccc(F)cc2c1CC(=O)N1CCC(CO)CC1. The number of nitrogens with one attached hydrogen (secondary N) is 1. The van der Waals surface area contributed by atoms with Crippen molar-refractivity contribution in [2.75, 3.05) is 19.7 Å². The zero-order valence-electron chi connectivity index (χ0n) is 12.7. The van der Waals surface area contributed by atoms with Crippen LogP contribution >= 0.6 is 0 Å². The molecule has 0 spiro atoms. The van der Waals surface area contributed by atoms with E-state index in [0.717, 1.165) is 35.0 Å². The van der Waals surface area contributed by atoms with E-state index in [1.165, 1.54) is 12.1 Å². The van der Waals surface area contributed by atoms with Crippen LogP contribution in [-0.2, 0) is 11.2 Å². The second kappa shape index (κ2) is 6.08. The van der Waals surface area contributed by atoms with Gasteiger partial charge in [0.1, 0.15) is 5.82 Å². The monoisotopic (exact) mass is 304 g/mol. The molecule has 22 heavy (non-hydrogen) atoms. The second-order valence-corrected chi connectivity index (χ2v) is 6.10. The third-order valence-electron chi connectivity index (χ3n) is 4.64. The smallest absolute Gasteiger partial charge is 0.227 e. The number of aromatic nitrogens is 1. The van der Waals surface area contributed by atoms with Crippen LogP contribution in [0, 0.1) is 18.7 Å². The van der Waals surface area contributed by atoms with E-state index in [1.807, 2.05) is 11.8 Å². The molecule has 0 radical (unpaired) electrons. The van der Waals surface area contributed by atoms with E-state index < -0.39 is 0 Å². The average Bonchev–Trinajstić information content (AvgIpc) is 2.83. The zero-order valence-corrected chi connectivity index (χ0v) is 12.7. The van der Waals surface area contributed by atoms with Gasteiger partial charge in [0.15, 0.2) is 0 Å². The Bertz CT molecular complexity index is 687. The van der Waals surface area contributed by atoms with Crippen molar-refractivity contribution in [3.05, 3.63) is 35.3 Å². The van der Waals surface area contributed by atoms with E-state index in [2.05, 4.69) is 4.98 Å². The van der Waals surface area contributed by atoms with Crippen LogP contribution in [-0.4, -0.2) is 40.6 Å². The molecule has 1 fully saturated rings. The summed E-state index contributed by atoms with van der Waals surface area (Å²) in [7, 11) is 0. The fraction of sp³-hybridized carbons (Fsp3) is 0.471. The summed E-state index contributed by atoms with van der Waals surface area (Å²) >= 11 is 0. The highest BCUT2D eigenvalue weighted by molar-refractivity contribution is 5.90. The zero-order chi connectivity index (χ0) is 15.7. The minimum absolute atomic E-state index is 0.0738. The molecule has 0 saturated carbocycles. The van der Waals surface area contributed by atoms with Gasteiger partial charge >= 0.3 is 0 Å². The number of nitrogens with zero attached hydrogens (tertiary/aromatic N) is 1. The molecule has 0 aliphatic carbocycles. The molecule has 118 valence electrons. The molecule has 2 heterocycles. The number of piperidine rings is 1. The number of amides is 1. The van der Waals surface area contributed by atoms with E-state index >= 15 is 0 Å². The van der Waals surface area contributed by atoms with Gasteiger partial charge in [0.05, 0.1) is 6.42 Å². The largest absolute Gasteiger partial charge is 0.396 e. The van der Waals surface area contributed by atoms with Crippen molar-refractivity contribution in [1.29, 1.82) is 0 Å². The summed E-state index contributed by atoms with van der Waals surface area (Å²) in [6.45, 7) is 3.50. The van der Waals surface area contributed by atoms with E-state index in [4.69, 9.17) is 5.11 Å². The Balaban J connectivity index is 1.77. The third kappa shape index (κ3) is 2.86. The molecule has 4 nitrogen and oxygen atoms in total. The van der Waals surface area contributed by atoms with Crippen LogP contribution in [0.1, 0.15) is 24.1 Å². The quantitative estimate of drug-likeness (QED) is 0.915. The van der Waals surface area contributed by atoms with Gasteiger partial charge in [-0.2, -0.15) is 0 Å². The second-order valence-electron chi connectivity index (χ2n) is 6.10. The van der Waals surface area contributed by atoms with E-state index in [0.29, 0.717) is 25.4 Å². The Morgan fingerprint density at radius 3 is 2.82 bits per heavy atom. The summed E-state index contributed by atoms with van der Waals surface area (Å²) in [6, 6.07) is 4.61. The number of hydrogen-bond donors (Lipinski definition) is 2. The van der Waals surface area contributed by atoms with Crippen LogP contribution in [0.4, 0.5) is 4.39 Å². The molecule has 1 aromatic carbocycles. The number of likely N-dealkylation sites (tertiary alicyclic amines) is 1. The summed E-state index contributed by atoms with van der Waals surface area (Å²) in [5, 5.41) is 9.95. The number of aliphatic hydroxyl groups excluding tert-OH is 1. The Hall–Kier alpha value is -1.88. The van der Waals surface area contributed by atoms with Gasteiger partial charge in [-0.25, -0.2) is 4.39 Å². The van der Waals surface area contributed by atoms with Crippen molar-refractivity contribution >= 4 is 16.8 Å².